The molecule has 7 aromatic rings. The van der Waals surface area contributed by atoms with E-state index in [4.69, 9.17) is 9.40 Å². The first-order valence-electron chi connectivity index (χ1n) is 12.2. The van der Waals surface area contributed by atoms with Crippen LogP contribution >= 0.6 is 0 Å². The first-order valence-corrected chi connectivity index (χ1v) is 12.2. The molecule has 172 valence electrons. The third kappa shape index (κ3) is 3.17. The predicted octanol–water partition coefficient (Wildman–Crippen LogP) is 8.88. The number of hydrogen-bond acceptors (Lipinski definition) is 2. The summed E-state index contributed by atoms with van der Waals surface area (Å²) in [6, 6.07) is 36.2. The molecule has 0 saturated carbocycles. The minimum absolute atomic E-state index is 0.871. The van der Waals surface area contributed by atoms with Crippen LogP contribution in [-0.2, 0) is 0 Å². The van der Waals surface area contributed by atoms with Gasteiger partial charge in [0.1, 0.15) is 17.7 Å². The van der Waals surface area contributed by atoms with E-state index in [-0.39, 0.29) is 0 Å². The zero-order chi connectivity index (χ0) is 24.2. The fourth-order valence-corrected chi connectivity index (χ4v) is 5.43. The largest absolute Gasteiger partial charge is 0.464 e. The Morgan fingerprint density at radius 3 is 2.11 bits per heavy atom. The van der Waals surface area contributed by atoms with Crippen molar-refractivity contribution in [2.24, 2.45) is 0 Å². The fraction of sp³-hybridized carbons (Fsp3) is 0.0606. The van der Waals surface area contributed by atoms with Gasteiger partial charge in [0.05, 0.1) is 22.3 Å². The molecular formula is C33H24N2O. The van der Waals surface area contributed by atoms with Gasteiger partial charge in [0.15, 0.2) is 0 Å². The minimum atomic E-state index is 0.871. The standard InChI is InChI=1S/C33H24N2O/c1-21-16-26(23-10-4-3-5-11-23)17-22(2)32(21)35-30-15-9-8-14-29(30)34-33(35)28-20-36-31-19-25-13-7-6-12-24(25)18-27(28)31/h3-20H,1-2H3. The summed E-state index contributed by atoms with van der Waals surface area (Å²) in [5.74, 6) is 0.892. The highest BCUT2D eigenvalue weighted by molar-refractivity contribution is 6.03. The van der Waals surface area contributed by atoms with Gasteiger partial charge in [0.25, 0.3) is 0 Å². The number of para-hydroxylation sites is 2. The average Bonchev–Trinajstić information content (AvgIpc) is 3.48. The van der Waals surface area contributed by atoms with Crippen LogP contribution in [0.25, 0.3) is 61.0 Å². The SMILES string of the molecule is Cc1cc(-c2ccccc2)cc(C)c1-n1c(-c2coc3cc4ccccc4cc23)nc2ccccc21. The molecule has 7 rings (SSSR count). The lowest BCUT2D eigenvalue weighted by atomic mass is 9.98. The van der Waals surface area contributed by atoms with Crippen molar-refractivity contribution in [2.45, 2.75) is 13.8 Å². The summed E-state index contributed by atoms with van der Waals surface area (Å²) in [5, 5.41) is 3.43. The van der Waals surface area contributed by atoms with E-state index in [1.165, 1.54) is 33.0 Å². The van der Waals surface area contributed by atoms with E-state index in [2.05, 4.69) is 115 Å². The molecule has 3 heteroatoms. The number of benzene rings is 5. The number of rotatable bonds is 3. The second-order valence-corrected chi connectivity index (χ2v) is 9.43. The minimum Gasteiger partial charge on any atom is -0.464 e. The summed E-state index contributed by atoms with van der Waals surface area (Å²) in [6.07, 6.45) is 1.85. The Labute approximate surface area is 209 Å². The van der Waals surface area contributed by atoms with Crippen molar-refractivity contribution in [2.75, 3.05) is 0 Å². The summed E-state index contributed by atoms with van der Waals surface area (Å²) in [5.41, 5.74) is 9.93. The van der Waals surface area contributed by atoms with E-state index < -0.39 is 0 Å². The normalized spacial score (nSPS) is 11.6. The summed E-state index contributed by atoms with van der Waals surface area (Å²) >= 11 is 0. The van der Waals surface area contributed by atoms with E-state index in [0.717, 1.165) is 39.1 Å². The number of nitrogens with zero attached hydrogens (tertiary/aromatic N) is 2. The van der Waals surface area contributed by atoms with E-state index >= 15 is 0 Å². The Hall–Kier alpha value is -4.63. The quantitative estimate of drug-likeness (QED) is 0.261. The maximum atomic E-state index is 6.08. The number of hydrogen-bond donors (Lipinski definition) is 0. The van der Waals surface area contributed by atoms with Gasteiger partial charge in [-0.15, -0.1) is 0 Å². The first-order chi connectivity index (χ1) is 17.7. The summed E-state index contributed by atoms with van der Waals surface area (Å²) in [7, 11) is 0. The zero-order valence-electron chi connectivity index (χ0n) is 20.2. The van der Waals surface area contributed by atoms with Gasteiger partial charge in [-0.1, -0.05) is 66.7 Å². The van der Waals surface area contributed by atoms with Gasteiger partial charge >= 0.3 is 0 Å². The molecule has 36 heavy (non-hydrogen) atoms. The Bertz CT molecular complexity index is 1880. The topological polar surface area (TPSA) is 31.0 Å². The van der Waals surface area contributed by atoms with Gasteiger partial charge in [-0.05, 0) is 83.3 Å². The zero-order valence-corrected chi connectivity index (χ0v) is 20.2. The highest BCUT2D eigenvalue weighted by Crippen LogP contribution is 2.38. The van der Waals surface area contributed by atoms with Crippen molar-refractivity contribution in [3.8, 4) is 28.2 Å². The Balaban J connectivity index is 1.51. The third-order valence-corrected chi connectivity index (χ3v) is 7.07. The maximum Gasteiger partial charge on any atom is 0.149 e. The molecule has 0 aliphatic carbocycles. The van der Waals surface area contributed by atoms with E-state index in [0.29, 0.717) is 0 Å². The van der Waals surface area contributed by atoms with E-state index in [1.807, 2.05) is 12.3 Å². The molecular weight excluding hydrogens is 440 g/mol. The number of aryl methyl sites for hydroxylation is 2. The second-order valence-electron chi connectivity index (χ2n) is 9.43. The van der Waals surface area contributed by atoms with Crippen molar-refractivity contribution in [1.82, 2.24) is 9.55 Å². The molecule has 0 fully saturated rings. The summed E-state index contributed by atoms with van der Waals surface area (Å²) in [4.78, 5) is 5.13. The average molecular weight is 465 g/mol. The van der Waals surface area contributed by atoms with Crippen LogP contribution in [0.1, 0.15) is 11.1 Å². The number of furan rings is 1. The summed E-state index contributed by atoms with van der Waals surface area (Å²) in [6.45, 7) is 4.38. The van der Waals surface area contributed by atoms with Gasteiger partial charge < -0.3 is 4.42 Å². The fourth-order valence-electron chi connectivity index (χ4n) is 5.43. The van der Waals surface area contributed by atoms with Crippen LogP contribution in [0.15, 0.2) is 114 Å². The molecule has 0 aliphatic heterocycles. The third-order valence-electron chi connectivity index (χ3n) is 7.07. The van der Waals surface area contributed by atoms with Crippen molar-refractivity contribution in [3.05, 3.63) is 121 Å². The number of aromatic nitrogens is 2. The Morgan fingerprint density at radius 2 is 1.33 bits per heavy atom. The van der Waals surface area contributed by atoms with Crippen LogP contribution < -0.4 is 0 Å². The van der Waals surface area contributed by atoms with E-state index in [9.17, 15) is 0 Å². The number of imidazole rings is 1. The molecule has 5 aromatic carbocycles. The lowest BCUT2D eigenvalue weighted by Gasteiger charge is -2.17. The molecule has 0 N–H and O–H groups in total. The maximum absolute atomic E-state index is 6.08. The molecule has 3 nitrogen and oxygen atoms in total. The van der Waals surface area contributed by atoms with Gasteiger partial charge in [-0.25, -0.2) is 4.98 Å². The van der Waals surface area contributed by atoms with Crippen molar-refractivity contribution in [1.29, 1.82) is 0 Å². The molecule has 0 radical (unpaired) electrons. The van der Waals surface area contributed by atoms with Crippen LogP contribution in [0.4, 0.5) is 0 Å². The highest BCUT2D eigenvalue weighted by Gasteiger charge is 2.21. The second kappa shape index (κ2) is 7.96. The molecule has 0 saturated heterocycles. The van der Waals surface area contributed by atoms with Crippen LogP contribution in [-0.4, -0.2) is 9.55 Å². The molecule has 0 amide bonds. The molecule has 2 heterocycles. The lowest BCUT2D eigenvalue weighted by molar-refractivity contribution is 0.617. The molecule has 2 aromatic heterocycles. The van der Waals surface area contributed by atoms with Gasteiger partial charge in [0.2, 0.25) is 0 Å². The van der Waals surface area contributed by atoms with Gasteiger partial charge in [0, 0.05) is 5.39 Å². The smallest absolute Gasteiger partial charge is 0.149 e. The molecule has 0 bridgehead atoms. The first kappa shape index (κ1) is 20.7. The Kier molecular flexibility index (Phi) is 4.58. The highest BCUT2D eigenvalue weighted by atomic mass is 16.3. The molecule has 0 atom stereocenters. The van der Waals surface area contributed by atoms with Crippen LogP contribution in [0.3, 0.4) is 0 Å². The molecule has 0 unspecified atom stereocenters. The van der Waals surface area contributed by atoms with E-state index in [1.54, 1.807) is 0 Å². The lowest BCUT2D eigenvalue weighted by Crippen LogP contribution is -2.03. The van der Waals surface area contributed by atoms with Gasteiger partial charge in [-0.2, -0.15) is 0 Å². The monoisotopic (exact) mass is 464 g/mol. The van der Waals surface area contributed by atoms with Crippen molar-refractivity contribution < 1.29 is 4.42 Å². The van der Waals surface area contributed by atoms with Crippen molar-refractivity contribution >= 4 is 32.8 Å². The molecule has 0 aliphatic rings. The van der Waals surface area contributed by atoms with Crippen LogP contribution in [0.5, 0.6) is 0 Å². The van der Waals surface area contributed by atoms with Crippen LogP contribution in [0.2, 0.25) is 0 Å². The van der Waals surface area contributed by atoms with Gasteiger partial charge in [-0.3, -0.25) is 4.57 Å². The predicted molar refractivity (Wildman–Crippen MR) is 149 cm³/mol. The van der Waals surface area contributed by atoms with Crippen LogP contribution in [0, 0.1) is 13.8 Å². The number of fused-ring (bicyclic) bond motifs is 3. The summed E-state index contributed by atoms with van der Waals surface area (Å²) < 4.78 is 8.38. The molecule has 0 spiro atoms. The van der Waals surface area contributed by atoms with Crippen molar-refractivity contribution in [3.63, 3.8) is 0 Å². The Morgan fingerprint density at radius 1 is 0.667 bits per heavy atom.